The third kappa shape index (κ3) is 5.14. The third-order valence-corrected chi connectivity index (χ3v) is 13.3. The highest BCUT2D eigenvalue weighted by atomic mass is 35.5. The number of ether oxygens (including phenoxy) is 1. The van der Waals surface area contributed by atoms with Crippen molar-refractivity contribution < 1.29 is 38.9 Å². The van der Waals surface area contributed by atoms with Crippen LogP contribution in [0, 0.1) is 36.0 Å². The van der Waals surface area contributed by atoms with E-state index in [0.717, 1.165) is 31.0 Å². The van der Waals surface area contributed by atoms with Gasteiger partial charge < -0.3 is 14.9 Å². The van der Waals surface area contributed by atoms with Crippen molar-refractivity contribution in [1.82, 2.24) is 14.7 Å². The molecule has 4 heterocycles. The van der Waals surface area contributed by atoms with Gasteiger partial charge in [0, 0.05) is 35.3 Å². The van der Waals surface area contributed by atoms with Crippen molar-refractivity contribution in [2.75, 3.05) is 18.1 Å². The lowest BCUT2D eigenvalue weighted by Gasteiger charge is -2.49. The Morgan fingerprint density at radius 2 is 1.85 bits per heavy atom. The molecule has 1 saturated carbocycles. The Bertz CT molecular complexity index is 2310. The Hall–Kier alpha value is -5.01. The molecule has 8 rings (SSSR count). The number of phenols is 1. The molecule has 274 valence electrons. The maximum absolute atomic E-state index is 15.1. The minimum atomic E-state index is -1.32. The number of imide groups is 2. The average molecular weight is 757 g/mol. The summed E-state index contributed by atoms with van der Waals surface area (Å²) in [5.74, 6) is -6.06. The highest BCUT2D eigenvalue weighted by molar-refractivity contribution is 7.22. The van der Waals surface area contributed by atoms with Gasteiger partial charge in [0.1, 0.15) is 11.5 Å². The Labute approximate surface area is 313 Å². The number of hydrogen-bond acceptors (Lipinski definition) is 9. The SMILES string of the molecule is CCOc1cc([C@H]2C3=CC[C@@H]4C(=O)N(CCC(=O)O)C(=O)[C@@H]4[C@@H]3C[C@H]3C(=O)N(c4cc(-c5sc6ccc(Cl)cc6c5C)nn4C)C(=O)[C@@]23C)ccc1O. The summed E-state index contributed by atoms with van der Waals surface area (Å²) < 4.78 is 8.31. The molecule has 6 atom stereocenters. The molecule has 53 heavy (non-hydrogen) atoms. The monoisotopic (exact) mass is 756 g/mol. The smallest absolute Gasteiger partial charge is 0.305 e. The molecule has 0 spiro atoms. The number of likely N-dealkylation sites (tertiary alicyclic amines) is 1. The van der Waals surface area contributed by atoms with Gasteiger partial charge in [-0.1, -0.05) is 29.3 Å². The molecule has 2 aromatic carbocycles. The molecule has 2 aliphatic carbocycles. The molecule has 2 aliphatic heterocycles. The van der Waals surface area contributed by atoms with E-state index in [4.69, 9.17) is 21.4 Å². The van der Waals surface area contributed by atoms with Gasteiger partial charge >= 0.3 is 5.97 Å². The molecule has 4 aliphatic rings. The quantitative estimate of drug-likeness (QED) is 0.161. The molecular weight excluding hydrogens is 720 g/mol. The molecule has 4 amide bonds. The molecule has 12 nitrogen and oxygen atoms in total. The van der Waals surface area contributed by atoms with Crippen LogP contribution in [0.25, 0.3) is 20.7 Å². The molecular formula is C39H37ClN4O8S. The van der Waals surface area contributed by atoms with E-state index in [0.29, 0.717) is 22.1 Å². The number of halogens is 1. The lowest BCUT2D eigenvalue weighted by molar-refractivity contribution is -0.142. The van der Waals surface area contributed by atoms with Gasteiger partial charge in [0.05, 0.1) is 41.1 Å². The molecule has 2 aromatic heterocycles. The highest BCUT2D eigenvalue weighted by Gasteiger charge is 2.68. The van der Waals surface area contributed by atoms with Crippen LogP contribution in [-0.2, 0) is 31.0 Å². The molecule has 0 unspecified atom stereocenters. The van der Waals surface area contributed by atoms with Crippen molar-refractivity contribution >= 4 is 68.4 Å². The van der Waals surface area contributed by atoms with E-state index >= 15 is 4.79 Å². The summed E-state index contributed by atoms with van der Waals surface area (Å²) in [7, 11) is 1.69. The van der Waals surface area contributed by atoms with E-state index in [1.165, 1.54) is 15.6 Å². The van der Waals surface area contributed by atoms with Gasteiger partial charge in [0.2, 0.25) is 23.6 Å². The summed E-state index contributed by atoms with van der Waals surface area (Å²) in [6.07, 6.45) is 1.93. The zero-order chi connectivity index (χ0) is 37.7. The Morgan fingerprint density at radius 3 is 2.58 bits per heavy atom. The molecule has 14 heteroatoms. The average Bonchev–Trinajstić information content (AvgIpc) is 3.78. The van der Waals surface area contributed by atoms with E-state index in [2.05, 4.69) is 0 Å². The number of phenolic OH excluding ortho intramolecular Hbond substituents is 1. The first-order valence-electron chi connectivity index (χ1n) is 17.6. The van der Waals surface area contributed by atoms with Gasteiger partial charge in [0.25, 0.3) is 0 Å². The van der Waals surface area contributed by atoms with E-state index in [1.807, 2.05) is 31.2 Å². The number of hydrogen-bond donors (Lipinski definition) is 2. The second kappa shape index (κ2) is 12.6. The fourth-order valence-corrected chi connectivity index (χ4v) is 10.6. The second-order valence-electron chi connectivity index (χ2n) is 14.5. The van der Waals surface area contributed by atoms with Crippen LogP contribution in [0.5, 0.6) is 11.5 Å². The summed E-state index contributed by atoms with van der Waals surface area (Å²) in [5.41, 5.74) is 1.66. The largest absolute Gasteiger partial charge is 0.504 e. The third-order valence-electron chi connectivity index (χ3n) is 11.7. The number of aromatic hydroxyl groups is 1. The van der Waals surface area contributed by atoms with Gasteiger partial charge in [-0.05, 0) is 86.4 Å². The minimum absolute atomic E-state index is 0.0790. The predicted molar refractivity (Wildman–Crippen MR) is 197 cm³/mol. The Kier molecular flexibility index (Phi) is 8.30. The summed E-state index contributed by atoms with van der Waals surface area (Å²) in [5, 5.41) is 26.3. The van der Waals surface area contributed by atoms with Crippen LogP contribution in [0.4, 0.5) is 5.82 Å². The number of carboxylic acids is 1. The van der Waals surface area contributed by atoms with Gasteiger partial charge in [-0.2, -0.15) is 5.10 Å². The number of aromatic nitrogens is 2. The topological polar surface area (TPSA) is 159 Å². The van der Waals surface area contributed by atoms with Crippen molar-refractivity contribution in [1.29, 1.82) is 0 Å². The number of thiophene rings is 1. The number of benzene rings is 2. The van der Waals surface area contributed by atoms with E-state index in [1.54, 1.807) is 50.4 Å². The van der Waals surface area contributed by atoms with Crippen molar-refractivity contribution in [3.63, 3.8) is 0 Å². The number of aryl methyl sites for hydroxylation is 2. The van der Waals surface area contributed by atoms with E-state index < -0.39 is 64.6 Å². The normalized spacial score (nSPS) is 26.6. The number of nitrogens with zero attached hydrogens (tertiary/aromatic N) is 4. The molecule has 2 N–H and O–H groups in total. The number of carbonyl (C=O) groups is 5. The maximum Gasteiger partial charge on any atom is 0.305 e. The van der Waals surface area contributed by atoms with Crippen LogP contribution in [0.15, 0.2) is 54.1 Å². The van der Waals surface area contributed by atoms with Crippen molar-refractivity contribution in [2.45, 2.75) is 46.0 Å². The maximum atomic E-state index is 15.1. The fraction of sp³-hybridized carbons (Fsp3) is 0.385. The number of fused-ring (bicyclic) bond motifs is 5. The van der Waals surface area contributed by atoms with Crippen molar-refractivity contribution in [2.24, 2.45) is 36.1 Å². The van der Waals surface area contributed by atoms with Gasteiger partial charge in [-0.25, -0.2) is 4.90 Å². The van der Waals surface area contributed by atoms with Crippen LogP contribution in [0.1, 0.15) is 50.2 Å². The molecule has 0 bridgehead atoms. The molecule has 0 radical (unpaired) electrons. The number of rotatable bonds is 8. The molecule has 4 aromatic rings. The van der Waals surface area contributed by atoms with Crippen LogP contribution < -0.4 is 9.64 Å². The minimum Gasteiger partial charge on any atom is -0.504 e. The summed E-state index contributed by atoms with van der Waals surface area (Å²) in [4.78, 5) is 71.9. The summed E-state index contributed by atoms with van der Waals surface area (Å²) >= 11 is 7.84. The van der Waals surface area contributed by atoms with Crippen LogP contribution in [-0.4, -0.2) is 67.6 Å². The second-order valence-corrected chi connectivity index (χ2v) is 16.0. The number of anilines is 1. The van der Waals surface area contributed by atoms with Crippen molar-refractivity contribution in [3.8, 4) is 22.1 Å². The van der Waals surface area contributed by atoms with Gasteiger partial charge in [-0.3, -0.25) is 33.6 Å². The Balaban J connectivity index is 1.24. The molecule has 3 fully saturated rings. The van der Waals surface area contributed by atoms with Gasteiger partial charge in [-0.15, -0.1) is 11.3 Å². The van der Waals surface area contributed by atoms with Crippen molar-refractivity contribution in [3.05, 3.63) is 70.3 Å². The lowest BCUT2D eigenvalue weighted by atomic mass is 9.51. The number of aliphatic carboxylic acids is 1. The van der Waals surface area contributed by atoms with Gasteiger partial charge in [0.15, 0.2) is 11.5 Å². The highest BCUT2D eigenvalue weighted by Crippen LogP contribution is 2.64. The first-order chi connectivity index (χ1) is 25.3. The number of carboxylic acid groups (broad SMARTS) is 1. The number of amides is 4. The van der Waals surface area contributed by atoms with Crippen LogP contribution >= 0.6 is 22.9 Å². The van der Waals surface area contributed by atoms with E-state index in [9.17, 15) is 29.4 Å². The molecule has 2 saturated heterocycles. The first kappa shape index (κ1) is 35.0. The van der Waals surface area contributed by atoms with Crippen LogP contribution in [0.3, 0.4) is 0 Å². The predicted octanol–water partition coefficient (Wildman–Crippen LogP) is 6.07. The van der Waals surface area contributed by atoms with E-state index in [-0.39, 0.29) is 43.9 Å². The summed E-state index contributed by atoms with van der Waals surface area (Å²) in [6, 6.07) is 12.3. The first-order valence-corrected chi connectivity index (χ1v) is 18.8. The number of carbonyl (C=O) groups excluding carboxylic acids is 4. The Morgan fingerprint density at radius 1 is 1.08 bits per heavy atom. The van der Waals surface area contributed by atoms with Crippen LogP contribution in [0.2, 0.25) is 5.02 Å². The zero-order valence-electron chi connectivity index (χ0n) is 29.5. The lowest BCUT2D eigenvalue weighted by Crippen LogP contribution is -2.49. The zero-order valence-corrected chi connectivity index (χ0v) is 31.0. The standard InChI is InChI=1S/C39H37ClN4O8S/c1-5-52-28-14-19(6-10-27(28)45)33-21-8-9-22-32(37(50)43(35(22)48)13-12-31(46)47)24(21)16-25-36(49)44(38(51)39(25,33)3)30-17-26(41-42(30)4)34-18(2)23-15-20(40)7-11-29(23)53-34/h6-8,10-11,14-15,17,22,24-25,32-33,45H,5,9,12-13,16H2,1-4H3,(H,46,47)/t22-,24+,25-,32-,33-,39+/m0/s1. The summed E-state index contributed by atoms with van der Waals surface area (Å²) in [6.45, 7) is 5.61. The number of allylic oxidation sites excluding steroid dienone is 2. The fourth-order valence-electron chi connectivity index (χ4n) is 9.30.